The molecule has 1 aromatic carbocycles. The summed E-state index contributed by atoms with van der Waals surface area (Å²) in [5, 5.41) is 9.53. The zero-order chi connectivity index (χ0) is 8.97. The Kier molecular flexibility index (Phi) is 3.22. The molecule has 3 heteroatoms. The Morgan fingerprint density at radius 3 is 2.25 bits per heavy atom. The average Bonchev–Trinajstić information content (AvgIpc) is 2.05. The van der Waals surface area contributed by atoms with Crippen molar-refractivity contribution in [3.8, 4) is 0 Å². The molecule has 0 saturated carbocycles. The molecule has 5 N–H and O–H groups in total. The summed E-state index contributed by atoms with van der Waals surface area (Å²) < 4.78 is 0. The monoisotopic (exact) mass is 166 g/mol. The number of aliphatic hydroxyl groups is 1. The van der Waals surface area contributed by atoms with Gasteiger partial charge in [-0.1, -0.05) is 30.3 Å². The normalized spacial score (nSPS) is 13.3. The highest BCUT2D eigenvalue weighted by Crippen LogP contribution is 2.15. The van der Waals surface area contributed by atoms with E-state index in [-0.39, 0.29) is 0 Å². The molecule has 66 valence electrons. The molecule has 0 fully saturated rings. The van der Waals surface area contributed by atoms with Gasteiger partial charge in [0.1, 0.15) is 0 Å². The standard InChI is InChI=1S/C9H14N2O/c10-9(11)6-8(12)7-4-2-1-3-5-7/h1-5,8-9,12H,6,10-11H2. The van der Waals surface area contributed by atoms with Crippen LogP contribution in [0.2, 0.25) is 0 Å². The van der Waals surface area contributed by atoms with Crippen molar-refractivity contribution in [2.24, 2.45) is 11.5 Å². The minimum atomic E-state index is -0.550. The Bertz CT molecular complexity index is 223. The Hall–Kier alpha value is -0.900. The van der Waals surface area contributed by atoms with Gasteiger partial charge in [-0.2, -0.15) is 0 Å². The highest BCUT2D eigenvalue weighted by Gasteiger charge is 2.08. The average molecular weight is 166 g/mol. The predicted molar refractivity (Wildman–Crippen MR) is 48.2 cm³/mol. The molecule has 0 aliphatic rings. The molecule has 3 nitrogen and oxygen atoms in total. The van der Waals surface area contributed by atoms with Gasteiger partial charge in [-0.05, 0) is 5.56 Å². The zero-order valence-electron chi connectivity index (χ0n) is 6.85. The van der Waals surface area contributed by atoms with E-state index in [0.29, 0.717) is 6.42 Å². The Labute approximate surface area is 72.0 Å². The van der Waals surface area contributed by atoms with Crippen molar-refractivity contribution in [3.05, 3.63) is 35.9 Å². The van der Waals surface area contributed by atoms with E-state index in [2.05, 4.69) is 0 Å². The van der Waals surface area contributed by atoms with E-state index >= 15 is 0 Å². The van der Waals surface area contributed by atoms with Crippen molar-refractivity contribution in [3.63, 3.8) is 0 Å². The lowest BCUT2D eigenvalue weighted by Gasteiger charge is -2.12. The van der Waals surface area contributed by atoms with Crippen LogP contribution in [-0.4, -0.2) is 11.3 Å². The molecule has 0 aromatic heterocycles. The van der Waals surface area contributed by atoms with Crippen molar-refractivity contribution < 1.29 is 5.11 Å². The fourth-order valence-corrected chi connectivity index (χ4v) is 1.07. The smallest absolute Gasteiger partial charge is 0.0817 e. The van der Waals surface area contributed by atoms with Crippen LogP contribution in [0.25, 0.3) is 0 Å². The van der Waals surface area contributed by atoms with Crippen molar-refractivity contribution in [1.29, 1.82) is 0 Å². The van der Waals surface area contributed by atoms with Crippen molar-refractivity contribution in [2.45, 2.75) is 18.7 Å². The van der Waals surface area contributed by atoms with Crippen LogP contribution in [-0.2, 0) is 0 Å². The second-order valence-electron chi connectivity index (χ2n) is 2.83. The van der Waals surface area contributed by atoms with Crippen LogP contribution >= 0.6 is 0 Å². The Balaban J connectivity index is 2.59. The van der Waals surface area contributed by atoms with Crippen LogP contribution in [0.1, 0.15) is 18.1 Å². The second kappa shape index (κ2) is 4.21. The molecule has 1 rings (SSSR count). The van der Waals surface area contributed by atoms with Crippen molar-refractivity contribution >= 4 is 0 Å². The molecule has 0 radical (unpaired) electrons. The molecule has 0 amide bonds. The second-order valence-corrected chi connectivity index (χ2v) is 2.83. The van der Waals surface area contributed by atoms with Gasteiger partial charge in [0, 0.05) is 6.42 Å². The number of aliphatic hydroxyl groups excluding tert-OH is 1. The maximum absolute atomic E-state index is 9.53. The van der Waals surface area contributed by atoms with Gasteiger partial charge in [0.05, 0.1) is 12.3 Å². The first-order chi connectivity index (χ1) is 5.70. The highest BCUT2D eigenvalue weighted by molar-refractivity contribution is 5.17. The third-order valence-corrected chi connectivity index (χ3v) is 1.68. The van der Waals surface area contributed by atoms with Crippen LogP contribution < -0.4 is 11.5 Å². The lowest BCUT2D eigenvalue weighted by atomic mass is 10.1. The summed E-state index contributed by atoms with van der Waals surface area (Å²) in [5.41, 5.74) is 11.6. The molecule has 0 aliphatic carbocycles. The lowest BCUT2D eigenvalue weighted by molar-refractivity contribution is 0.159. The molecule has 0 saturated heterocycles. The molecular weight excluding hydrogens is 152 g/mol. The van der Waals surface area contributed by atoms with Gasteiger partial charge in [0.15, 0.2) is 0 Å². The van der Waals surface area contributed by atoms with Crippen LogP contribution in [0, 0.1) is 0 Å². The van der Waals surface area contributed by atoms with E-state index in [1.54, 1.807) is 0 Å². The summed E-state index contributed by atoms with van der Waals surface area (Å²) >= 11 is 0. The van der Waals surface area contributed by atoms with E-state index < -0.39 is 12.3 Å². The summed E-state index contributed by atoms with van der Waals surface area (Å²) in [6, 6.07) is 9.36. The van der Waals surface area contributed by atoms with Crippen LogP contribution in [0.4, 0.5) is 0 Å². The summed E-state index contributed by atoms with van der Waals surface area (Å²) in [6.07, 6.45) is -0.615. The Morgan fingerprint density at radius 1 is 1.17 bits per heavy atom. The van der Waals surface area contributed by atoms with Crippen LogP contribution in [0.3, 0.4) is 0 Å². The first kappa shape index (κ1) is 9.19. The molecule has 0 spiro atoms. The minimum absolute atomic E-state index is 0.393. The number of hydrogen-bond acceptors (Lipinski definition) is 3. The van der Waals surface area contributed by atoms with Gasteiger partial charge in [-0.15, -0.1) is 0 Å². The molecule has 0 bridgehead atoms. The van der Waals surface area contributed by atoms with E-state index in [0.717, 1.165) is 5.56 Å². The summed E-state index contributed by atoms with van der Waals surface area (Å²) in [6.45, 7) is 0. The van der Waals surface area contributed by atoms with E-state index in [4.69, 9.17) is 11.5 Å². The largest absolute Gasteiger partial charge is 0.388 e. The first-order valence-corrected chi connectivity index (χ1v) is 3.94. The van der Waals surface area contributed by atoms with Gasteiger partial charge in [0.2, 0.25) is 0 Å². The summed E-state index contributed by atoms with van der Waals surface area (Å²) in [4.78, 5) is 0. The van der Waals surface area contributed by atoms with Gasteiger partial charge in [-0.25, -0.2) is 0 Å². The van der Waals surface area contributed by atoms with Crippen LogP contribution in [0.5, 0.6) is 0 Å². The molecule has 1 unspecified atom stereocenters. The third kappa shape index (κ3) is 2.62. The molecular formula is C9H14N2O. The van der Waals surface area contributed by atoms with Gasteiger partial charge < -0.3 is 16.6 Å². The van der Waals surface area contributed by atoms with Crippen molar-refractivity contribution in [1.82, 2.24) is 0 Å². The lowest BCUT2D eigenvalue weighted by Crippen LogP contribution is -2.32. The molecule has 1 aromatic rings. The van der Waals surface area contributed by atoms with E-state index in [1.165, 1.54) is 0 Å². The minimum Gasteiger partial charge on any atom is -0.388 e. The van der Waals surface area contributed by atoms with Gasteiger partial charge in [0.25, 0.3) is 0 Å². The fourth-order valence-electron chi connectivity index (χ4n) is 1.07. The quantitative estimate of drug-likeness (QED) is 0.567. The number of rotatable bonds is 3. The van der Waals surface area contributed by atoms with Crippen LogP contribution in [0.15, 0.2) is 30.3 Å². The fraction of sp³-hybridized carbons (Fsp3) is 0.333. The number of benzene rings is 1. The maximum atomic E-state index is 9.53. The van der Waals surface area contributed by atoms with Crippen molar-refractivity contribution in [2.75, 3.05) is 0 Å². The van der Waals surface area contributed by atoms with Gasteiger partial charge in [-0.3, -0.25) is 0 Å². The summed E-state index contributed by atoms with van der Waals surface area (Å²) in [5.74, 6) is 0. The molecule has 0 heterocycles. The van der Waals surface area contributed by atoms with E-state index in [1.807, 2.05) is 30.3 Å². The van der Waals surface area contributed by atoms with E-state index in [9.17, 15) is 5.11 Å². The molecule has 0 aliphatic heterocycles. The molecule has 12 heavy (non-hydrogen) atoms. The third-order valence-electron chi connectivity index (χ3n) is 1.68. The number of hydrogen-bond donors (Lipinski definition) is 3. The predicted octanol–water partition coefficient (Wildman–Crippen LogP) is 0.354. The SMILES string of the molecule is NC(N)CC(O)c1ccccc1. The Morgan fingerprint density at radius 2 is 1.75 bits per heavy atom. The summed E-state index contributed by atoms with van der Waals surface area (Å²) in [7, 11) is 0. The van der Waals surface area contributed by atoms with Gasteiger partial charge >= 0.3 is 0 Å². The highest BCUT2D eigenvalue weighted by atomic mass is 16.3. The number of nitrogens with two attached hydrogens (primary N) is 2. The first-order valence-electron chi connectivity index (χ1n) is 3.94. The topological polar surface area (TPSA) is 72.3 Å². The zero-order valence-corrected chi connectivity index (χ0v) is 6.85. The molecule has 1 atom stereocenters. The maximum Gasteiger partial charge on any atom is 0.0817 e.